The van der Waals surface area contributed by atoms with Gasteiger partial charge in [-0.1, -0.05) is 39.0 Å². The number of carboxylic acid groups (broad SMARTS) is 1. The summed E-state index contributed by atoms with van der Waals surface area (Å²) in [6.07, 6.45) is 1.33. The predicted molar refractivity (Wildman–Crippen MR) is 85.0 cm³/mol. The summed E-state index contributed by atoms with van der Waals surface area (Å²) >= 11 is 0. The fourth-order valence-corrected chi connectivity index (χ4v) is 2.13. The molecule has 1 unspecified atom stereocenters. The molecular formula is C17H27NO3. The molecule has 1 atom stereocenters. The molecule has 1 aromatic carbocycles. The number of hydrogen-bond donors (Lipinski definition) is 2. The van der Waals surface area contributed by atoms with Crippen molar-refractivity contribution in [3.8, 4) is 5.75 Å². The molecule has 0 heterocycles. The predicted octanol–water partition coefficient (Wildman–Crippen LogP) is 3.42. The molecule has 0 radical (unpaired) electrons. The van der Waals surface area contributed by atoms with Crippen LogP contribution in [0, 0.1) is 0 Å². The standard InChI is InChI=1S/C17H27NO3/c1-5-11-18-17(4,16(19)20)10-12-21-15-9-7-6-8-14(15)13(2)3/h6-9,13,18H,5,10-12H2,1-4H3,(H,19,20). The Labute approximate surface area is 127 Å². The van der Waals surface area contributed by atoms with Crippen molar-refractivity contribution in [3.63, 3.8) is 0 Å². The zero-order valence-corrected chi connectivity index (χ0v) is 13.5. The molecule has 0 amide bonds. The van der Waals surface area contributed by atoms with Gasteiger partial charge in [0.1, 0.15) is 11.3 Å². The van der Waals surface area contributed by atoms with E-state index in [1.807, 2.05) is 31.2 Å². The molecule has 118 valence electrons. The van der Waals surface area contributed by atoms with Crippen LogP contribution < -0.4 is 10.1 Å². The van der Waals surface area contributed by atoms with Crippen LogP contribution in [0.1, 0.15) is 52.0 Å². The molecule has 0 saturated carbocycles. The highest BCUT2D eigenvalue weighted by atomic mass is 16.5. The van der Waals surface area contributed by atoms with Crippen molar-refractivity contribution in [2.24, 2.45) is 0 Å². The Morgan fingerprint density at radius 2 is 2.05 bits per heavy atom. The molecule has 0 bridgehead atoms. The van der Waals surface area contributed by atoms with E-state index < -0.39 is 11.5 Å². The number of ether oxygens (including phenoxy) is 1. The number of para-hydroxylation sites is 1. The third kappa shape index (κ3) is 5.05. The molecule has 0 aliphatic rings. The van der Waals surface area contributed by atoms with Crippen LogP contribution in [0.4, 0.5) is 0 Å². The van der Waals surface area contributed by atoms with E-state index in [1.54, 1.807) is 6.92 Å². The van der Waals surface area contributed by atoms with Gasteiger partial charge in [-0.05, 0) is 37.4 Å². The number of aliphatic carboxylic acids is 1. The number of nitrogens with one attached hydrogen (secondary N) is 1. The average molecular weight is 293 g/mol. The third-order valence-electron chi connectivity index (χ3n) is 3.64. The Balaban J connectivity index is 2.64. The van der Waals surface area contributed by atoms with Crippen molar-refractivity contribution in [2.45, 2.75) is 52.0 Å². The van der Waals surface area contributed by atoms with Crippen LogP contribution in [0.5, 0.6) is 5.75 Å². The second-order valence-corrected chi connectivity index (χ2v) is 5.86. The maximum atomic E-state index is 11.4. The molecule has 0 spiro atoms. The van der Waals surface area contributed by atoms with Gasteiger partial charge in [-0.15, -0.1) is 0 Å². The van der Waals surface area contributed by atoms with E-state index in [0.29, 0.717) is 25.5 Å². The fraction of sp³-hybridized carbons (Fsp3) is 0.588. The summed E-state index contributed by atoms with van der Waals surface area (Å²) in [5, 5.41) is 12.5. The monoisotopic (exact) mass is 293 g/mol. The van der Waals surface area contributed by atoms with Crippen LogP contribution in [0.15, 0.2) is 24.3 Å². The molecule has 0 aliphatic carbocycles. The molecule has 4 heteroatoms. The molecule has 1 aromatic rings. The lowest BCUT2D eigenvalue weighted by atomic mass is 9.98. The van der Waals surface area contributed by atoms with Crippen molar-refractivity contribution in [3.05, 3.63) is 29.8 Å². The SMILES string of the molecule is CCCNC(C)(CCOc1ccccc1C(C)C)C(=O)O. The van der Waals surface area contributed by atoms with Crippen LogP contribution in [-0.2, 0) is 4.79 Å². The first-order valence-corrected chi connectivity index (χ1v) is 7.61. The first-order chi connectivity index (χ1) is 9.90. The van der Waals surface area contributed by atoms with E-state index in [9.17, 15) is 9.90 Å². The van der Waals surface area contributed by atoms with Gasteiger partial charge >= 0.3 is 5.97 Å². The van der Waals surface area contributed by atoms with Gasteiger partial charge < -0.3 is 15.2 Å². The van der Waals surface area contributed by atoms with E-state index in [1.165, 1.54) is 0 Å². The van der Waals surface area contributed by atoms with E-state index in [2.05, 4.69) is 19.2 Å². The molecule has 21 heavy (non-hydrogen) atoms. The Kier molecular flexibility index (Phi) is 6.69. The largest absolute Gasteiger partial charge is 0.493 e. The Morgan fingerprint density at radius 3 is 2.62 bits per heavy atom. The second-order valence-electron chi connectivity index (χ2n) is 5.86. The van der Waals surface area contributed by atoms with Crippen molar-refractivity contribution in [1.29, 1.82) is 0 Å². The molecule has 0 aliphatic heterocycles. The summed E-state index contributed by atoms with van der Waals surface area (Å²) in [5.41, 5.74) is 0.207. The van der Waals surface area contributed by atoms with Crippen molar-refractivity contribution < 1.29 is 14.6 Å². The topological polar surface area (TPSA) is 58.6 Å². The lowest BCUT2D eigenvalue weighted by molar-refractivity contribution is -0.144. The first-order valence-electron chi connectivity index (χ1n) is 7.61. The summed E-state index contributed by atoms with van der Waals surface area (Å²) in [6.45, 7) is 9.03. The van der Waals surface area contributed by atoms with Crippen molar-refractivity contribution >= 4 is 5.97 Å². The summed E-state index contributed by atoms with van der Waals surface area (Å²) in [4.78, 5) is 11.4. The van der Waals surface area contributed by atoms with Gasteiger partial charge in [-0.25, -0.2) is 0 Å². The van der Waals surface area contributed by atoms with E-state index in [0.717, 1.165) is 17.7 Å². The second kappa shape index (κ2) is 8.03. The molecule has 1 rings (SSSR count). The quantitative estimate of drug-likeness (QED) is 0.732. The summed E-state index contributed by atoms with van der Waals surface area (Å²) in [7, 11) is 0. The normalized spacial score (nSPS) is 14.0. The molecular weight excluding hydrogens is 266 g/mol. The molecule has 0 fully saturated rings. The number of carbonyl (C=O) groups is 1. The molecule has 0 aromatic heterocycles. The van der Waals surface area contributed by atoms with Gasteiger partial charge in [0.2, 0.25) is 0 Å². The maximum Gasteiger partial charge on any atom is 0.323 e. The van der Waals surface area contributed by atoms with Crippen LogP contribution in [0.25, 0.3) is 0 Å². The summed E-state index contributed by atoms with van der Waals surface area (Å²) in [6, 6.07) is 7.91. The smallest absolute Gasteiger partial charge is 0.323 e. The highest BCUT2D eigenvalue weighted by Crippen LogP contribution is 2.26. The number of rotatable bonds is 9. The lowest BCUT2D eigenvalue weighted by Gasteiger charge is -2.26. The Hall–Kier alpha value is -1.55. The van der Waals surface area contributed by atoms with Gasteiger partial charge in [0.05, 0.1) is 6.61 Å². The molecule has 2 N–H and O–H groups in total. The lowest BCUT2D eigenvalue weighted by Crippen LogP contribution is -2.50. The number of carboxylic acids is 1. The highest BCUT2D eigenvalue weighted by Gasteiger charge is 2.32. The van der Waals surface area contributed by atoms with E-state index >= 15 is 0 Å². The first kappa shape index (κ1) is 17.5. The molecule has 4 nitrogen and oxygen atoms in total. The van der Waals surface area contributed by atoms with Gasteiger partial charge in [-0.3, -0.25) is 4.79 Å². The summed E-state index contributed by atoms with van der Waals surface area (Å²) in [5.74, 6) is 0.387. The Morgan fingerprint density at radius 1 is 1.38 bits per heavy atom. The van der Waals surface area contributed by atoms with Crippen molar-refractivity contribution in [2.75, 3.05) is 13.2 Å². The van der Waals surface area contributed by atoms with Crippen LogP contribution in [-0.4, -0.2) is 29.8 Å². The zero-order chi connectivity index (χ0) is 15.9. The van der Waals surface area contributed by atoms with Gasteiger partial charge in [0, 0.05) is 6.42 Å². The minimum atomic E-state index is -0.942. The number of benzene rings is 1. The molecule has 0 saturated heterocycles. The highest BCUT2D eigenvalue weighted by molar-refractivity contribution is 5.78. The average Bonchev–Trinajstić information content (AvgIpc) is 2.45. The van der Waals surface area contributed by atoms with Crippen LogP contribution in [0.2, 0.25) is 0 Å². The van der Waals surface area contributed by atoms with E-state index in [4.69, 9.17) is 4.74 Å². The fourth-order valence-electron chi connectivity index (χ4n) is 2.13. The van der Waals surface area contributed by atoms with Crippen LogP contribution in [0.3, 0.4) is 0 Å². The van der Waals surface area contributed by atoms with E-state index in [-0.39, 0.29) is 0 Å². The zero-order valence-electron chi connectivity index (χ0n) is 13.5. The van der Waals surface area contributed by atoms with Crippen molar-refractivity contribution in [1.82, 2.24) is 5.32 Å². The summed E-state index contributed by atoms with van der Waals surface area (Å²) < 4.78 is 5.82. The van der Waals surface area contributed by atoms with Gasteiger partial charge in [-0.2, -0.15) is 0 Å². The van der Waals surface area contributed by atoms with Gasteiger partial charge in [0.15, 0.2) is 0 Å². The third-order valence-corrected chi connectivity index (χ3v) is 3.64. The minimum Gasteiger partial charge on any atom is -0.493 e. The Bertz CT molecular complexity index is 459. The van der Waals surface area contributed by atoms with Crippen LogP contribution >= 0.6 is 0 Å². The van der Waals surface area contributed by atoms with Gasteiger partial charge in [0.25, 0.3) is 0 Å². The maximum absolute atomic E-state index is 11.4. The number of hydrogen-bond acceptors (Lipinski definition) is 3. The minimum absolute atomic E-state index is 0.378.